The van der Waals surface area contributed by atoms with Crippen LogP contribution in [0.4, 0.5) is 0 Å². The van der Waals surface area contributed by atoms with Crippen molar-refractivity contribution in [2.75, 3.05) is 25.7 Å². The smallest absolute Gasteiger partial charge is 0.279 e. The summed E-state index contributed by atoms with van der Waals surface area (Å²) in [7, 11) is -3.32. The van der Waals surface area contributed by atoms with Gasteiger partial charge in [0.15, 0.2) is 14.6 Å². The van der Waals surface area contributed by atoms with E-state index in [9.17, 15) is 13.2 Å². The van der Waals surface area contributed by atoms with Gasteiger partial charge in [-0.05, 0) is 55.6 Å². The molecule has 154 valence electrons. The van der Waals surface area contributed by atoms with E-state index in [2.05, 4.69) is 4.99 Å². The van der Waals surface area contributed by atoms with Crippen LogP contribution in [0.1, 0.15) is 17.3 Å². The minimum atomic E-state index is -3.32. The molecule has 0 aliphatic heterocycles. The first-order chi connectivity index (χ1) is 13.8. The third-order valence-electron chi connectivity index (χ3n) is 4.28. The molecule has 0 fully saturated rings. The molecule has 3 aromatic rings. The van der Waals surface area contributed by atoms with E-state index in [4.69, 9.17) is 4.74 Å². The van der Waals surface area contributed by atoms with Gasteiger partial charge in [-0.25, -0.2) is 8.42 Å². The van der Waals surface area contributed by atoms with Crippen LogP contribution < -0.4 is 4.80 Å². The van der Waals surface area contributed by atoms with Gasteiger partial charge in [0.2, 0.25) is 0 Å². The lowest BCUT2D eigenvalue weighted by Crippen LogP contribution is -2.19. The summed E-state index contributed by atoms with van der Waals surface area (Å²) in [6.07, 6.45) is 3.16. The van der Waals surface area contributed by atoms with Gasteiger partial charge < -0.3 is 9.30 Å². The van der Waals surface area contributed by atoms with Gasteiger partial charge >= 0.3 is 0 Å². The Labute approximate surface area is 178 Å². The SMILES string of the molecule is CCOCCn1c(=NC(=O)c2ccc(SC)cc2)sc2cc(S(C)(=O)=O)ccc21. The molecule has 0 unspecified atom stereocenters. The topological polar surface area (TPSA) is 77.7 Å². The van der Waals surface area contributed by atoms with Crippen molar-refractivity contribution in [3.05, 3.63) is 52.8 Å². The monoisotopic (exact) mass is 450 g/mol. The minimum Gasteiger partial charge on any atom is -0.380 e. The largest absolute Gasteiger partial charge is 0.380 e. The van der Waals surface area contributed by atoms with Gasteiger partial charge in [-0.2, -0.15) is 4.99 Å². The predicted molar refractivity (Wildman–Crippen MR) is 118 cm³/mol. The molecule has 0 saturated carbocycles. The molecule has 0 saturated heterocycles. The van der Waals surface area contributed by atoms with Crippen molar-refractivity contribution in [2.24, 2.45) is 4.99 Å². The lowest BCUT2D eigenvalue weighted by Gasteiger charge is -2.06. The Morgan fingerprint density at radius 3 is 2.55 bits per heavy atom. The zero-order valence-electron chi connectivity index (χ0n) is 16.4. The second kappa shape index (κ2) is 9.25. The minimum absolute atomic E-state index is 0.244. The summed E-state index contributed by atoms with van der Waals surface area (Å²) >= 11 is 2.90. The number of fused-ring (bicyclic) bond motifs is 1. The van der Waals surface area contributed by atoms with E-state index >= 15 is 0 Å². The number of hydrogen-bond donors (Lipinski definition) is 0. The van der Waals surface area contributed by atoms with Gasteiger partial charge in [0.05, 0.1) is 21.7 Å². The molecule has 0 N–H and O–H groups in total. The number of nitrogens with zero attached hydrogens (tertiary/aromatic N) is 2. The quantitative estimate of drug-likeness (QED) is 0.406. The van der Waals surface area contributed by atoms with Crippen molar-refractivity contribution in [1.29, 1.82) is 0 Å². The first-order valence-electron chi connectivity index (χ1n) is 8.97. The first kappa shape index (κ1) is 21.8. The molecule has 0 aliphatic carbocycles. The molecular formula is C20H22N2O4S3. The van der Waals surface area contributed by atoms with E-state index < -0.39 is 9.84 Å². The summed E-state index contributed by atoms with van der Waals surface area (Å²) in [6.45, 7) is 3.50. The second-order valence-electron chi connectivity index (χ2n) is 6.28. The van der Waals surface area contributed by atoms with Crippen molar-refractivity contribution < 1.29 is 17.9 Å². The van der Waals surface area contributed by atoms with Crippen molar-refractivity contribution >= 4 is 49.1 Å². The van der Waals surface area contributed by atoms with Crippen LogP contribution in [-0.2, 0) is 21.1 Å². The highest BCUT2D eigenvalue weighted by molar-refractivity contribution is 7.98. The molecular weight excluding hydrogens is 428 g/mol. The Morgan fingerprint density at radius 2 is 1.93 bits per heavy atom. The second-order valence-corrected chi connectivity index (χ2v) is 10.2. The number of hydrogen-bond acceptors (Lipinski definition) is 6. The van der Waals surface area contributed by atoms with E-state index in [1.54, 1.807) is 42.1 Å². The Kier molecular flexibility index (Phi) is 6.94. The molecule has 1 aromatic heterocycles. The lowest BCUT2D eigenvalue weighted by atomic mass is 10.2. The molecule has 3 rings (SSSR count). The maximum absolute atomic E-state index is 12.7. The fourth-order valence-electron chi connectivity index (χ4n) is 2.77. The van der Waals surface area contributed by atoms with Gasteiger partial charge in [-0.15, -0.1) is 11.8 Å². The fourth-order valence-corrected chi connectivity index (χ4v) is 4.99. The Hall–Kier alpha value is -1.94. The number of carbonyl (C=O) groups is 1. The first-order valence-corrected chi connectivity index (χ1v) is 12.9. The highest BCUT2D eigenvalue weighted by Gasteiger charge is 2.13. The maximum atomic E-state index is 12.7. The van der Waals surface area contributed by atoms with Gasteiger partial charge in [0.1, 0.15) is 0 Å². The zero-order valence-corrected chi connectivity index (χ0v) is 18.9. The van der Waals surface area contributed by atoms with Crippen molar-refractivity contribution in [2.45, 2.75) is 23.3 Å². The zero-order chi connectivity index (χ0) is 21.0. The molecule has 9 heteroatoms. The predicted octanol–water partition coefficient (Wildman–Crippen LogP) is 3.61. The van der Waals surface area contributed by atoms with Crippen LogP contribution in [0.3, 0.4) is 0 Å². The highest BCUT2D eigenvalue weighted by atomic mass is 32.2. The molecule has 0 aliphatic rings. The van der Waals surface area contributed by atoms with Gasteiger partial charge in [-0.1, -0.05) is 11.3 Å². The van der Waals surface area contributed by atoms with E-state index in [0.29, 0.717) is 30.1 Å². The number of aromatic nitrogens is 1. The molecule has 0 spiro atoms. The molecule has 6 nitrogen and oxygen atoms in total. The molecule has 1 amide bonds. The van der Waals surface area contributed by atoms with Gasteiger partial charge in [-0.3, -0.25) is 4.79 Å². The number of ether oxygens (including phenoxy) is 1. The summed E-state index contributed by atoms with van der Waals surface area (Å²) < 4.78 is 31.9. The number of amides is 1. The van der Waals surface area contributed by atoms with Crippen LogP contribution >= 0.6 is 23.1 Å². The fraction of sp³-hybridized carbons (Fsp3) is 0.300. The summed E-state index contributed by atoms with van der Waals surface area (Å²) in [5, 5.41) is 0. The summed E-state index contributed by atoms with van der Waals surface area (Å²) in [6, 6.07) is 12.3. The summed E-state index contributed by atoms with van der Waals surface area (Å²) in [5.41, 5.74) is 1.33. The van der Waals surface area contributed by atoms with Crippen LogP contribution in [0.25, 0.3) is 10.2 Å². The summed E-state index contributed by atoms with van der Waals surface area (Å²) in [5.74, 6) is -0.335. The third kappa shape index (κ3) is 5.16. The molecule has 2 aromatic carbocycles. The van der Waals surface area contributed by atoms with E-state index in [1.165, 1.54) is 17.6 Å². The van der Waals surface area contributed by atoms with E-state index in [1.807, 2.05) is 29.9 Å². The average Bonchev–Trinajstić information content (AvgIpc) is 3.04. The lowest BCUT2D eigenvalue weighted by molar-refractivity contribution is 0.0996. The number of sulfone groups is 1. The van der Waals surface area contributed by atoms with Crippen LogP contribution in [-0.4, -0.2) is 44.6 Å². The maximum Gasteiger partial charge on any atom is 0.279 e. The van der Waals surface area contributed by atoms with Crippen molar-refractivity contribution in [3.63, 3.8) is 0 Å². The molecule has 0 bridgehead atoms. The van der Waals surface area contributed by atoms with Gasteiger partial charge in [0, 0.05) is 29.9 Å². The third-order valence-corrected chi connectivity index (χ3v) is 7.17. The Morgan fingerprint density at radius 1 is 1.21 bits per heavy atom. The van der Waals surface area contributed by atoms with E-state index in [0.717, 1.165) is 15.1 Å². The highest BCUT2D eigenvalue weighted by Crippen LogP contribution is 2.22. The van der Waals surface area contributed by atoms with Crippen molar-refractivity contribution in [1.82, 2.24) is 4.57 Å². The average molecular weight is 451 g/mol. The molecule has 1 heterocycles. The number of rotatable bonds is 7. The van der Waals surface area contributed by atoms with Crippen LogP contribution in [0.2, 0.25) is 0 Å². The van der Waals surface area contributed by atoms with E-state index in [-0.39, 0.29) is 10.8 Å². The van der Waals surface area contributed by atoms with Crippen molar-refractivity contribution in [3.8, 4) is 0 Å². The number of thioether (sulfide) groups is 1. The summed E-state index contributed by atoms with van der Waals surface area (Å²) in [4.78, 5) is 18.8. The number of carbonyl (C=O) groups excluding carboxylic acids is 1. The standard InChI is InChI=1S/C20H22N2O4S3/c1-4-26-12-11-22-17-10-9-16(29(3,24)25)13-18(17)28-20(22)21-19(23)14-5-7-15(27-2)8-6-14/h5-10,13H,4,11-12H2,1-3H3. The molecule has 0 radical (unpaired) electrons. The Balaban J connectivity index is 2.08. The van der Waals surface area contributed by atoms with Crippen LogP contribution in [0.5, 0.6) is 0 Å². The van der Waals surface area contributed by atoms with Crippen LogP contribution in [0, 0.1) is 0 Å². The number of thiazole rings is 1. The number of benzene rings is 2. The van der Waals surface area contributed by atoms with Gasteiger partial charge in [0.25, 0.3) is 5.91 Å². The normalized spacial score (nSPS) is 12.6. The molecule has 0 atom stereocenters. The molecule has 29 heavy (non-hydrogen) atoms. The Bertz CT molecular complexity index is 1190. The van der Waals surface area contributed by atoms with Crippen LogP contribution in [0.15, 0.2) is 57.2 Å².